The zero-order valence-electron chi connectivity index (χ0n) is 13.0. The Morgan fingerprint density at radius 1 is 1.20 bits per heavy atom. The summed E-state index contributed by atoms with van der Waals surface area (Å²) in [5, 5.41) is 14.5. The summed E-state index contributed by atoms with van der Waals surface area (Å²) in [6.07, 6.45) is 0.773. The normalized spacial score (nSPS) is 27.4. The number of carboxylic acid groups (broad SMARTS) is 1. The highest BCUT2D eigenvalue weighted by Gasteiger charge is 2.55. The SMILES string of the molecule is O=C(O)[C@@H]1[C@H](C(=O)Nc2nc(-c3ccc(Br)cc3)cs2)[C@H]2CC[C@@H]1O2. The molecule has 2 aliphatic heterocycles. The quantitative estimate of drug-likeness (QED) is 0.787. The summed E-state index contributed by atoms with van der Waals surface area (Å²) in [4.78, 5) is 28.6. The number of aliphatic carboxylic acids is 1. The summed E-state index contributed by atoms with van der Waals surface area (Å²) in [5.41, 5.74) is 1.72. The third-order valence-electron chi connectivity index (χ3n) is 4.74. The van der Waals surface area contributed by atoms with Gasteiger partial charge in [0.2, 0.25) is 5.91 Å². The Balaban J connectivity index is 1.50. The van der Waals surface area contributed by atoms with Crippen molar-refractivity contribution in [1.29, 1.82) is 0 Å². The van der Waals surface area contributed by atoms with Crippen LogP contribution >= 0.6 is 27.3 Å². The second kappa shape index (κ2) is 6.51. The molecule has 25 heavy (non-hydrogen) atoms. The minimum atomic E-state index is -0.970. The second-order valence-electron chi connectivity index (χ2n) is 6.21. The zero-order chi connectivity index (χ0) is 17.6. The van der Waals surface area contributed by atoms with Gasteiger partial charge in [0, 0.05) is 15.4 Å². The van der Waals surface area contributed by atoms with E-state index in [1.165, 1.54) is 11.3 Å². The van der Waals surface area contributed by atoms with Gasteiger partial charge >= 0.3 is 5.97 Å². The average molecular weight is 423 g/mol. The molecule has 1 aromatic carbocycles. The highest BCUT2D eigenvalue weighted by Crippen LogP contribution is 2.44. The lowest BCUT2D eigenvalue weighted by molar-refractivity contribution is -0.147. The molecule has 0 saturated carbocycles. The van der Waals surface area contributed by atoms with Gasteiger partial charge in [0.15, 0.2) is 5.13 Å². The van der Waals surface area contributed by atoms with E-state index in [1.807, 2.05) is 29.6 Å². The molecule has 6 nitrogen and oxygen atoms in total. The van der Waals surface area contributed by atoms with E-state index in [1.54, 1.807) is 0 Å². The highest BCUT2D eigenvalue weighted by atomic mass is 79.9. The van der Waals surface area contributed by atoms with Crippen molar-refractivity contribution in [2.75, 3.05) is 5.32 Å². The molecular formula is C17H15BrN2O4S. The molecule has 2 aliphatic rings. The van der Waals surface area contributed by atoms with Crippen molar-refractivity contribution in [3.05, 3.63) is 34.1 Å². The number of carbonyl (C=O) groups is 2. The van der Waals surface area contributed by atoms with Gasteiger partial charge in [-0.2, -0.15) is 0 Å². The van der Waals surface area contributed by atoms with Gasteiger partial charge in [0.1, 0.15) is 0 Å². The maximum atomic E-state index is 12.6. The average Bonchev–Trinajstić information content (AvgIpc) is 3.30. The lowest BCUT2D eigenvalue weighted by Crippen LogP contribution is -2.40. The molecule has 2 fully saturated rings. The van der Waals surface area contributed by atoms with E-state index in [4.69, 9.17) is 4.74 Å². The van der Waals surface area contributed by atoms with Crippen molar-refractivity contribution in [1.82, 2.24) is 4.98 Å². The Labute approximate surface area is 156 Å². The number of carboxylic acids is 1. The van der Waals surface area contributed by atoms with Crippen LogP contribution in [0.5, 0.6) is 0 Å². The van der Waals surface area contributed by atoms with Crippen molar-refractivity contribution >= 4 is 44.3 Å². The van der Waals surface area contributed by atoms with Crippen LogP contribution in [0.3, 0.4) is 0 Å². The van der Waals surface area contributed by atoms with Gasteiger partial charge in [-0.3, -0.25) is 9.59 Å². The van der Waals surface area contributed by atoms with Gasteiger partial charge in [0.05, 0.1) is 29.7 Å². The number of aromatic nitrogens is 1. The molecule has 1 amide bonds. The zero-order valence-corrected chi connectivity index (χ0v) is 15.4. The molecule has 4 rings (SSSR count). The predicted molar refractivity (Wildman–Crippen MR) is 96.4 cm³/mol. The van der Waals surface area contributed by atoms with Crippen LogP contribution in [0.15, 0.2) is 34.1 Å². The van der Waals surface area contributed by atoms with E-state index in [9.17, 15) is 14.7 Å². The molecule has 1 aromatic heterocycles. The van der Waals surface area contributed by atoms with Gasteiger partial charge in [-0.05, 0) is 25.0 Å². The number of amides is 1. The van der Waals surface area contributed by atoms with Crippen LogP contribution in [0.4, 0.5) is 5.13 Å². The third kappa shape index (κ3) is 3.09. The number of hydrogen-bond donors (Lipinski definition) is 2. The molecule has 3 heterocycles. The van der Waals surface area contributed by atoms with E-state index in [2.05, 4.69) is 26.2 Å². The molecule has 2 N–H and O–H groups in total. The fourth-order valence-corrected chi connectivity index (χ4v) is 4.58. The van der Waals surface area contributed by atoms with Gasteiger partial charge in [-0.25, -0.2) is 4.98 Å². The number of rotatable bonds is 4. The molecule has 2 saturated heterocycles. The summed E-state index contributed by atoms with van der Waals surface area (Å²) < 4.78 is 6.62. The van der Waals surface area contributed by atoms with Crippen molar-refractivity contribution in [2.45, 2.75) is 25.0 Å². The van der Waals surface area contributed by atoms with Gasteiger partial charge in [-0.1, -0.05) is 28.1 Å². The largest absolute Gasteiger partial charge is 0.481 e. The molecule has 0 unspecified atom stereocenters. The second-order valence-corrected chi connectivity index (χ2v) is 7.99. The van der Waals surface area contributed by atoms with Crippen LogP contribution in [-0.2, 0) is 14.3 Å². The minimum absolute atomic E-state index is 0.308. The van der Waals surface area contributed by atoms with Crippen LogP contribution < -0.4 is 5.32 Å². The maximum absolute atomic E-state index is 12.6. The number of halogens is 1. The third-order valence-corrected chi connectivity index (χ3v) is 6.02. The first-order chi connectivity index (χ1) is 12.0. The lowest BCUT2D eigenvalue weighted by Gasteiger charge is -2.23. The molecule has 0 spiro atoms. The Hall–Kier alpha value is -1.77. The molecular weight excluding hydrogens is 408 g/mol. The molecule has 2 aromatic rings. The number of anilines is 1. The van der Waals surface area contributed by atoms with Crippen LogP contribution in [0, 0.1) is 11.8 Å². The topological polar surface area (TPSA) is 88.5 Å². The highest BCUT2D eigenvalue weighted by molar-refractivity contribution is 9.10. The van der Waals surface area contributed by atoms with Crippen LogP contribution in [0.25, 0.3) is 11.3 Å². The van der Waals surface area contributed by atoms with Crippen LogP contribution in [0.2, 0.25) is 0 Å². The number of fused-ring (bicyclic) bond motifs is 2. The number of thiazole rings is 1. The minimum Gasteiger partial charge on any atom is -0.481 e. The number of nitrogens with one attached hydrogen (secondary N) is 1. The number of benzene rings is 1. The Kier molecular flexibility index (Phi) is 4.35. The van der Waals surface area contributed by atoms with Gasteiger partial charge in [-0.15, -0.1) is 11.3 Å². The Morgan fingerprint density at radius 3 is 2.56 bits per heavy atom. The summed E-state index contributed by atoms with van der Waals surface area (Å²) in [7, 11) is 0. The van der Waals surface area contributed by atoms with E-state index in [0.717, 1.165) is 22.2 Å². The molecule has 0 aliphatic carbocycles. The number of carbonyl (C=O) groups excluding carboxylic acids is 1. The van der Waals surface area contributed by atoms with Crippen LogP contribution in [0.1, 0.15) is 12.8 Å². The van der Waals surface area contributed by atoms with Crippen molar-refractivity contribution in [2.24, 2.45) is 11.8 Å². The number of ether oxygens (including phenoxy) is 1. The monoisotopic (exact) mass is 422 g/mol. The molecule has 0 radical (unpaired) electrons. The van der Waals surface area contributed by atoms with Gasteiger partial charge in [0.25, 0.3) is 0 Å². The van der Waals surface area contributed by atoms with E-state index in [0.29, 0.717) is 11.6 Å². The van der Waals surface area contributed by atoms with Crippen LogP contribution in [-0.4, -0.2) is 34.2 Å². The fourth-order valence-electron chi connectivity index (χ4n) is 3.60. The summed E-state index contributed by atoms with van der Waals surface area (Å²) in [6.45, 7) is 0. The fraction of sp³-hybridized carbons (Fsp3) is 0.353. The van der Waals surface area contributed by atoms with Crippen molar-refractivity contribution < 1.29 is 19.4 Å². The summed E-state index contributed by atoms with van der Waals surface area (Å²) in [6, 6.07) is 7.73. The van der Waals surface area contributed by atoms with E-state index >= 15 is 0 Å². The summed E-state index contributed by atoms with van der Waals surface area (Å²) >= 11 is 4.71. The Bertz CT molecular complexity index is 822. The standard InChI is InChI=1S/C17H15BrN2O4S/c18-9-3-1-8(2-4-9)10-7-25-17(19-10)20-15(21)13-11-5-6-12(24-11)14(13)16(22)23/h1-4,7,11-14H,5-6H2,(H,22,23)(H,19,20,21)/t11-,12+,13-,14+/m1/s1. The lowest BCUT2D eigenvalue weighted by atomic mass is 9.79. The first kappa shape index (κ1) is 16.7. The first-order valence-electron chi connectivity index (χ1n) is 7.93. The van der Waals surface area contributed by atoms with Gasteiger partial charge < -0.3 is 15.2 Å². The first-order valence-corrected chi connectivity index (χ1v) is 9.61. The Morgan fingerprint density at radius 2 is 1.88 bits per heavy atom. The number of hydrogen-bond acceptors (Lipinski definition) is 5. The molecule has 8 heteroatoms. The molecule has 4 atom stereocenters. The maximum Gasteiger partial charge on any atom is 0.310 e. The molecule has 130 valence electrons. The van der Waals surface area contributed by atoms with Crippen molar-refractivity contribution in [3.8, 4) is 11.3 Å². The van der Waals surface area contributed by atoms with E-state index in [-0.39, 0.29) is 18.1 Å². The molecule has 2 bridgehead atoms. The van der Waals surface area contributed by atoms with E-state index < -0.39 is 17.8 Å². The van der Waals surface area contributed by atoms with Crippen molar-refractivity contribution in [3.63, 3.8) is 0 Å². The number of nitrogens with zero attached hydrogens (tertiary/aromatic N) is 1. The predicted octanol–water partition coefficient (Wildman–Crippen LogP) is 3.39. The summed E-state index contributed by atoms with van der Waals surface area (Å²) in [5.74, 6) is -2.72. The smallest absolute Gasteiger partial charge is 0.310 e.